The van der Waals surface area contributed by atoms with Crippen LogP contribution in [0.25, 0.3) is 17.2 Å². The Morgan fingerprint density at radius 1 is 1.10 bits per heavy atom. The van der Waals surface area contributed by atoms with Crippen molar-refractivity contribution in [1.82, 2.24) is 0 Å². The lowest BCUT2D eigenvalue weighted by molar-refractivity contribution is -0.132. The second-order valence-corrected chi connectivity index (χ2v) is 8.26. The van der Waals surface area contributed by atoms with Gasteiger partial charge >= 0.3 is 5.97 Å². The van der Waals surface area contributed by atoms with Gasteiger partial charge in [-0.25, -0.2) is 4.79 Å². The molecule has 1 aliphatic rings. The van der Waals surface area contributed by atoms with E-state index in [9.17, 15) is 9.90 Å². The molecule has 2 aromatic carbocycles. The van der Waals surface area contributed by atoms with Crippen LogP contribution in [0.2, 0.25) is 0 Å². The van der Waals surface area contributed by atoms with Crippen molar-refractivity contribution >= 4 is 17.7 Å². The average Bonchev–Trinajstić information content (AvgIpc) is 2.74. The first-order valence-electron chi connectivity index (χ1n) is 11.1. The zero-order valence-electron chi connectivity index (χ0n) is 18.8. The fourth-order valence-corrected chi connectivity index (χ4v) is 3.88. The van der Waals surface area contributed by atoms with Crippen LogP contribution < -0.4 is 9.64 Å². The number of anilines is 1. The summed E-state index contributed by atoms with van der Waals surface area (Å²) in [7, 11) is 0. The van der Waals surface area contributed by atoms with Crippen molar-refractivity contribution in [3.63, 3.8) is 0 Å². The Morgan fingerprint density at radius 2 is 1.84 bits per heavy atom. The van der Waals surface area contributed by atoms with Gasteiger partial charge in [0.15, 0.2) is 0 Å². The van der Waals surface area contributed by atoms with Crippen molar-refractivity contribution in [2.24, 2.45) is 5.92 Å². The molecular formula is C26H33NO4. The molecule has 0 spiro atoms. The molecule has 0 saturated heterocycles. The summed E-state index contributed by atoms with van der Waals surface area (Å²) in [5.41, 5.74) is 4.67. The summed E-state index contributed by atoms with van der Waals surface area (Å²) in [4.78, 5) is 14.1. The maximum Gasteiger partial charge on any atom is 0.331 e. The molecule has 0 fully saturated rings. The van der Waals surface area contributed by atoms with Gasteiger partial charge in [0.25, 0.3) is 0 Å². The van der Waals surface area contributed by atoms with Gasteiger partial charge in [0, 0.05) is 31.0 Å². The van der Waals surface area contributed by atoms with Crippen molar-refractivity contribution in [3.8, 4) is 16.9 Å². The van der Waals surface area contributed by atoms with Crippen molar-refractivity contribution in [2.45, 2.75) is 33.6 Å². The third-order valence-electron chi connectivity index (χ3n) is 5.32. The molecule has 0 unspecified atom stereocenters. The highest BCUT2D eigenvalue weighted by Crippen LogP contribution is 2.33. The number of nitrogens with zero attached hydrogens (tertiary/aromatic N) is 1. The van der Waals surface area contributed by atoms with E-state index in [2.05, 4.69) is 36.9 Å². The summed E-state index contributed by atoms with van der Waals surface area (Å²) in [5, 5.41) is 9.61. The molecule has 166 valence electrons. The number of hydrogen-bond donors (Lipinski definition) is 1. The van der Waals surface area contributed by atoms with Crippen LogP contribution >= 0.6 is 0 Å². The van der Waals surface area contributed by atoms with Crippen LogP contribution in [0, 0.1) is 5.92 Å². The van der Waals surface area contributed by atoms with E-state index in [4.69, 9.17) is 9.47 Å². The van der Waals surface area contributed by atoms with E-state index < -0.39 is 5.97 Å². The molecular weight excluding hydrogens is 390 g/mol. The second kappa shape index (κ2) is 11.0. The van der Waals surface area contributed by atoms with Crippen LogP contribution in [-0.4, -0.2) is 44.0 Å². The highest BCUT2D eigenvalue weighted by molar-refractivity contribution is 5.94. The molecule has 5 heteroatoms. The first kappa shape index (κ1) is 22.9. The predicted molar refractivity (Wildman–Crippen MR) is 126 cm³/mol. The first-order valence-corrected chi connectivity index (χ1v) is 11.1. The second-order valence-electron chi connectivity index (χ2n) is 8.26. The summed E-state index contributed by atoms with van der Waals surface area (Å²) >= 11 is 0. The van der Waals surface area contributed by atoms with Gasteiger partial charge in [-0.05, 0) is 72.7 Å². The van der Waals surface area contributed by atoms with Gasteiger partial charge < -0.3 is 19.5 Å². The quantitative estimate of drug-likeness (QED) is 0.540. The van der Waals surface area contributed by atoms with Gasteiger partial charge in [0.2, 0.25) is 0 Å². The number of carboxylic acids is 1. The van der Waals surface area contributed by atoms with Crippen molar-refractivity contribution in [1.29, 1.82) is 0 Å². The van der Waals surface area contributed by atoms with E-state index in [0.717, 1.165) is 47.6 Å². The Kier molecular flexibility index (Phi) is 8.13. The monoisotopic (exact) mass is 423 g/mol. The minimum absolute atomic E-state index is 0.473. The highest BCUT2D eigenvalue weighted by atomic mass is 16.5. The van der Waals surface area contributed by atoms with E-state index >= 15 is 0 Å². The fourth-order valence-electron chi connectivity index (χ4n) is 3.88. The first-order chi connectivity index (χ1) is 15.0. The number of carbonyl (C=O) groups is 1. The third-order valence-corrected chi connectivity index (χ3v) is 5.32. The number of hydrogen-bond acceptors (Lipinski definition) is 4. The number of benzene rings is 2. The molecule has 2 aromatic rings. The summed E-state index contributed by atoms with van der Waals surface area (Å²) < 4.78 is 11.0. The molecule has 3 rings (SSSR count). The van der Waals surface area contributed by atoms with Crippen LogP contribution in [0.3, 0.4) is 0 Å². The Labute approximate surface area is 185 Å². The van der Waals surface area contributed by atoms with E-state index in [1.54, 1.807) is 0 Å². The Hall–Kier alpha value is -2.79. The van der Waals surface area contributed by atoms with E-state index in [1.807, 2.05) is 37.3 Å². The minimum atomic E-state index is -0.831. The predicted octanol–water partition coefficient (Wildman–Crippen LogP) is 5.49. The topological polar surface area (TPSA) is 59.0 Å². The minimum Gasteiger partial charge on any atom is -0.491 e. The average molecular weight is 424 g/mol. The normalized spacial score (nSPS) is 13.9. The molecule has 0 aliphatic carbocycles. The van der Waals surface area contributed by atoms with E-state index in [-0.39, 0.29) is 0 Å². The summed E-state index contributed by atoms with van der Waals surface area (Å²) in [6, 6.07) is 14.3. The number of carboxylic acid groups (broad SMARTS) is 1. The smallest absolute Gasteiger partial charge is 0.331 e. The van der Waals surface area contributed by atoms with Crippen LogP contribution in [0.4, 0.5) is 5.69 Å². The molecule has 0 bridgehead atoms. The van der Waals surface area contributed by atoms with Crippen molar-refractivity contribution < 1.29 is 19.4 Å². The van der Waals surface area contributed by atoms with E-state index in [1.165, 1.54) is 0 Å². The largest absolute Gasteiger partial charge is 0.491 e. The summed E-state index contributed by atoms with van der Waals surface area (Å²) in [5.74, 6) is 0.512. The Balaban J connectivity index is 1.88. The number of ether oxygens (including phenoxy) is 2. The maximum atomic E-state index is 11.7. The number of aliphatic carboxylic acids is 1. The summed E-state index contributed by atoms with van der Waals surface area (Å²) in [6.07, 6.45) is 3.27. The van der Waals surface area contributed by atoms with Crippen LogP contribution in [0.1, 0.15) is 39.2 Å². The molecule has 1 aliphatic heterocycles. The number of fused-ring (bicyclic) bond motifs is 1. The van der Waals surface area contributed by atoms with Crippen LogP contribution in [-0.2, 0) is 9.53 Å². The molecule has 0 atom stereocenters. The molecule has 0 amide bonds. The molecule has 0 aromatic heterocycles. The lowest BCUT2D eigenvalue weighted by atomic mass is 9.96. The molecule has 0 saturated carbocycles. The van der Waals surface area contributed by atoms with E-state index in [0.29, 0.717) is 37.7 Å². The van der Waals surface area contributed by atoms with Gasteiger partial charge in [-0.15, -0.1) is 0 Å². The molecule has 0 radical (unpaired) electrons. The fraction of sp³-hybridized carbons (Fsp3) is 0.423. The molecule has 5 nitrogen and oxygen atoms in total. The lowest BCUT2D eigenvalue weighted by Gasteiger charge is -2.30. The van der Waals surface area contributed by atoms with Crippen LogP contribution in [0.5, 0.6) is 5.75 Å². The zero-order valence-corrected chi connectivity index (χ0v) is 18.8. The van der Waals surface area contributed by atoms with Gasteiger partial charge in [-0.2, -0.15) is 0 Å². The SMILES string of the molecule is CCOCCOc1ccc(-c2ccc3c(c2)C=C(C(=O)O)CCCN3CC(C)C)cc1. The number of rotatable bonds is 9. The molecule has 1 heterocycles. The third kappa shape index (κ3) is 6.34. The maximum absolute atomic E-state index is 11.7. The summed E-state index contributed by atoms with van der Waals surface area (Å²) in [6.45, 7) is 10.0. The Bertz CT molecular complexity index is 902. The van der Waals surface area contributed by atoms with Gasteiger partial charge in [-0.1, -0.05) is 32.0 Å². The Morgan fingerprint density at radius 3 is 2.52 bits per heavy atom. The van der Waals surface area contributed by atoms with Crippen LogP contribution in [0.15, 0.2) is 48.0 Å². The molecule has 31 heavy (non-hydrogen) atoms. The van der Waals surface area contributed by atoms with Crippen molar-refractivity contribution in [3.05, 3.63) is 53.6 Å². The zero-order chi connectivity index (χ0) is 22.2. The van der Waals surface area contributed by atoms with Crippen molar-refractivity contribution in [2.75, 3.05) is 37.8 Å². The van der Waals surface area contributed by atoms with Gasteiger partial charge in [-0.3, -0.25) is 0 Å². The highest BCUT2D eigenvalue weighted by Gasteiger charge is 2.18. The molecule has 1 N–H and O–H groups in total. The lowest BCUT2D eigenvalue weighted by Crippen LogP contribution is -2.30. The standard InChI is InChI=1S/C26H33NO4/c1-4-30-14-15-31-24-10-7-20(8-11-24)21-9-12-25-23(16-21)17-22(26(28)29)6-5-13-27(25)18-19(2)3/h7-12,16-17,19H,4-6,13-15,18H2,1-3H3,(H,28,29). The van der Waals surface area contributed by atoms with Gasteiger partial charge in [0.05, 0.1) is 6.61 Å². The van der Waals surface area contributed by atoms with Gasteiger partial charge in [0.1, 0.15) is 12.4 Å².